The third-order valence-corrected chi connectivity index (χ3v) is 6.10. The van der Waals surface area contributed by atoms with Crippen molar-refractivity contribution in [2.45, 2.75) is 19.4 Å². The zero-order chi connectivity index (χ0) is 22.9. The quantitative estimate of drug-likeness (QED) is 0.431. The summed E-state index contributed by atoms with van der Waals surface area (Å²) in [6, 6.07) is 19.6. The van der Waals surface area contributed by atoms with Gasteiger partial charge in [-0.3, -0.25) is 4.79 Å². The van der Waals surface area contributed by atoms with Gasteiger partial charge in [0, 0.05) is 24.7 Å². The van der Waals surface area contributed by atoms with Gasteiger partial charge in [-0.15, -0.1) is 0 Å². The van der Waals surface area contributed by atoms with Crippen LogP contribution >= 0.6 is 0 Å². The van der Waals surface area contributed by atoms with E-state index in [1.807, 2.05) is 53.2 Å². The molecule has 1 aliphatic rings. The number of carbonyl (C=O) groups excluding carboxylic acids is 1. The Morgan fingerprint density at radius 3 is 2.44 bits per heavy atom. The summed E-state index contributed by atoms with van der Waals surface area (Å²) in [5.41, 5.74) is 3.89. The van der Waals surface area contributed by atoms with Crippen LogP contribution in [0.5, 0.6) is 0 Å². The topological polar surface area (TPSA) is 88.8 Å². The summed E-state index contributed by atoms with van der Waals surface area (Å²) in [4.78, 5) is 29.5. The highest BCUT2D eigenvalue weighted by atomic mass is 16.1. The first-order valence-corrected chi connectivity index (χ1v) is 11.4. The molecule has 1 saturated heterocycles. The largest absolute Gasteiger partial charge is 0.354 e. The lowest BCUT2D eigenvalue weighted by atomic mass is 10.2. The number of benzene rings is 2. The predicted octanol–water partition coefficient (Wildman–Crippen LogP) is 4.28. The van der Waals surface area contributed by atoms with Gasteiger partial charge < -0.3 is 10.2 Å². The van der Waals surface area contributed by atoms with Crippen LogP contribution in [0.25, 0.3) is 22.1 Å². The Hall–Kier alpha value is -4.33. The predicted molar refractivity (Wildman–Crippen MR) is 132 cm³/mol. The number of hydrogen-bond donors (Lipinski definition) is 1. The molecule has 1 N–H and O–H groups in total. The van der Waals surface area contributed by atoms with Crippen molar-refractivity contribution in [3.8, 4) is 0 Å². The van der Waals surface area contributed by atoms with E-state index in [1.54, 1.807) is 12.4 Å². The molecule has 0 bridgehead atoms. The Labute approximate surface area is 196 Å². The summed E-state index contributed by atoms with van der Waals surface area (Å²) in [7, 11) is 0. The molecule has 3 aromatic heterocycles. The van der Waals surface area contributed by atoms with Crippen LogP contribution < -0.4 is 10.2 Å². The number of pyridine rings is 1. The second kappa shape index (κ2) is 8.55. The van der Waals surface area contributed by atoms with Crippen molar-refractivity contribution >= 4 is 39.6 Å². The van der Waals surface area contributed by atoms with Crippen molar-refractivity contribution in [1.82, 2.24) is 24.7 Å². The monoisotopic (exact) mass is 449 g/mol. The van der Waals surface area contributed by atoms with E-state index in [-0.39, 0.29) is 5.91 Å². The first-order valence-electron chi connectivity index (χ1n) is 11.4. The van der Waals surface area contributed by atoms with Gasteiger partial charge in [0.2, 0.25) is 0 Å². The smallest absolute Gasteiger partial charge is 0.258 e. The Kier molecular flexibility index (Phi) is 5.10. The molecule has 168 valence electrons. The van der Waals surface area contributed by atoms with Gasteiger partial charge in [0.25, 0.3) is 5.91 Å². The fraction of sp³-hybridized carbons (Fsp3) is 0.192. The molecular formula is C26H23N7O. The molecule has 2 aromatic carbocycles. The Morgan fingerprint density at radius 2 is 1.65 bits per heavy atom. The number of aromatic nitrogens is 5. The van der Waals surface area contributed by atoms with Crippen LogP contribution in [0.4, 0.5) is 11.6 Å². The summed E-state index contributed by atoms with van der Waals surface area (Å²) in [6.45, 7) is 2.43. The highest BCUT2D eigenvalue weighted by molar-refractivity contribution is 6.06. The maximum absolute atomic E-state index is 13.2. The Morgan fingerprint density at radius 1 is 0.912 bits per heavy atom. The fourth-order valence-corrected chi connectivity index (χ4v) is 4.37. The van der Waals surface area contributed by atoms with Crippen LogP contribution in [-0.2, 0) is 6.54 Å². The van der Waals surface area contributed by atoms with E-state index in [2.05, 4.69) is 32.4 Å². The zero-order valence-electron chi connectivity index (χ0n) is 18.6. The molecular weight excluding hydrogens is 426 g/mol. The van der Waals surface area contributed by atoms with Crippen LogP contribution in [0.3, 0.4) is 0 Å². The van der Waals surface area contributed by atoms with Gasteiger partial charge in [-0.2, -0.15) is 5.10 Å². The maximum Gasteiger partial charge on any atom is 0.258 e. The molecule has 0 unspecified atom stereocenters. The van der Waals surface area contributed by atoms with Gasteiger partial charge in [-0.25, -0.2) is 19.6 Å². The number of nitrogens with one attached hydrogen (secondary N) is 1. The fourth-order valence-electron chi connectivity index (χ4n) is 4.37. The zero-order valence-corrected chi connectivity index (χ0v) is 18.6. The molecule has 0 atom stereocenters. The van der Waals surface area contributed by atoms with E-state index in [0.29, 0.717) is 23.7 Å². The molecule has 0 aliphatic carbocycles. The number of para-hydroxylation sites is 2. The highest BCUT2D eigenvalue weighted by Gasteiger charge is 2.21. The van der Waals surface area contributed by atoms with E-state index in [0.717, 1.165) is 53.6 Å². The van der Waals surface area contributed by atoms with Crippen LogP contribution in [0.15, 0.2) is 73.1 Å². The van der Waals surface area contributed by atoms with Crippen LogP contribution in [0, 0.1) is 0 Å². The molecule has 1 amide bonds. The van der Waals surface area contributed by atoms with E-state index in [9.17, 15) is 4.79 Å². The molecule has 0 radical (unpaired) electrons. The maximum atomic E-state index is 13.2. The second-order valence-electron chi connectivity index (χ2n) is 8.46. The number of carbonyl (C=O) groups is 1. The number of anilines is 2. The molecule has 6 rings (SSSR count). The molecule has 0 spiro atoms. The van der Waals surface area contributed by atoms with Gasteiger partial charge in [0.1, 0.15) is 0 Å². The van der Waals surface area contributed by atoms with Crippen molar-refractivity contribution in [1.29, 1.82) is 0 Å². The second-order valence-corrected chi connectivity index (χ2v) is 8.46. The van der Waals surface area contributed by atoms with E-state index in [4.69, 9.17) is 9.97 Å². The molecule has 8 heteroatoms. The van der Waals surface area contributed by atoms with Crippen LogP contribution in [0.2, 0.25) is 0 Å². The first kappa shape index (κ1) is 20.3. The average Bonchev–Trinajstić information content (AvgIpc) is 3.55. The SMILES string of the molecule is O=C(Nc1nc2ccccc2nc1N1CCCC1)c1cnc2c(cnn2Cc2ccccc2)c1. The average molecular weight is 450 g/mol. The summed E-state index contributed by atoms with van der Waals surface area (Å²) >= 11 is 0. The summed E-state index contributed by atoms with van der Waals surface area (Å²) in [5, 5.41) is 8.27. The lowest BCUT2D eigenvalue weighted by Gasteiger charge is -2.20. The summed E-state index contributed by atoms with van der Waals surface area (Å²) in [5.74, 6) is 0.926. The minimum Gasteiger partial charge on any atom is -0.354 e. The van der Waals surface area contributed by atoms with Crippen LogP contribution in [-0.4, -0.2) is 43.7 Å². The highest BCUT2D eigenvalue weighted by Crippen LogP contribution is 2.28. The normalized spacial score (nSPS) is 13.6. The number of amides is 1. The van der Waals surface area contributed by atoms with Crippen molar-refractivity contribution in [2.24, 2.45) is 0 Å². The van der Waals surface area contributed by atoms with Crippen molar-refractivity contribution < 1.29 is 4.79 Å². The summed E-state index contributed by atoms with van der Waals surface area (Å²) in [6.07, 6.45) is 5.54. The van der Waals surface area contributed by atoms with E-state index >= 15 is 0 Å². The first-order chi connectivity index (χ1) is 16.7. The van der Waals surface area contributed by atoms with Gasteiger partial charge in [0.05, 0.1) is 29.3 Å². The van der Waals surface area contributed by atoms with Crippen LogP contribution in [0.1, 0.15) is 28.8 Å². The minimum absolute atomic E-state index is 0.268. The number of fused-ring (bicyclic) bond motifs is 2. The lowest BCUT2D eigenvalue weighted by Crippen LogP contribution is -2.23. The standard InChI is InChI=1S/C26H23N7O/c34-26(20-14-19-16-28-33(24(19)27-15-20)17-18-8-2-1-3-9-18)31-23-25(32-12-6-7-13-32)30-22-11-5-4-10-21(22)29-23/h1-5,8-11,14-16H,6-7,12-13,17H2,(H,29,31,34). The summed E-state index contributed by atoms with van der Waals surface area (Å²) < 4.78 is 1.84. The Balaban J connectivity index is 1.30. The number of hydrogen-bond acceptors (Lipinski definition) is 6. The molecule has 1 fully saturated rings. The molecule has 0 saturated carbocycles. The molecule has 34 heavy (non-hydrogen) atoms. The number of rotatable bonds is 5. The van der Waals surface area contributed by atoms with E-state index in [1.165, 1.54) is 0 Å². The molecule has 8 nitrogen and oxygen atoms in total. The van der Waals surface area contributed by atoms with E-state index < -0.39 is 0 Å². The molecule has 1 aliphatic heterocycles. The van der Waals surface area contributed by atoms with Gasteiger partial charge in [-0.05, 0) is 36.6 Å². The van der Waals surface area contributed by atoms with Crippen molar-refractivity contribution in [3.05, 3.63) is 84.2 Å². The minimum atomic E-state index is -0.268. The third-order valence-electron chi connectivity index (χ3n) is 6.10. The van der Waals surface area contributed by atoms with Crippen molar-refractivity contribution in [2.75, 3.05) is 23.3 Å². The third kappa shape index (κ3) is 3.83. The van der Waals surface area contributed by atoms with Crippen molar-refractivity contribution in [3.63, 3.8) is 0 Å². The number of nitrogens with zero attached hydrogens (tertiary/aromatic N) is 6. The lowest BCUT2D eigenvalue weighted by molar-refractivity contribution is 0.102. The molecule has 5 aromatic rings. The van der Waals surface area contributed by atoms with Gasteiger partial charge >= 0.3 is 0 Å². The van der Waals surface area contributed by atoms with Gasteiger partial charge in [-0.1, -0.05) is 42.5 Å². The Bertz CT molecular complexity index is 1490. The van der Waals surface area contributed by atoms with Gasteiger partial charge in [0.15, 0.2) is 17.3 Å². The molecule has 4 heterocycles.